The molecular weight excluding hydrogens is 336 g/mol. The van der Waals surface area contributed by atoms with Crippen molar-refractivity contribution < 1.29 is 4.79 Å². The summed E-state index contributed by atoms with van der Waals surface area (Å²) in [6.07, 6.45) is 11.8. The van der Waals surface area contributed by atoms with Gasteiger partial charge in [-0.2, -0.15) is 0 Å². The van der Waals surface area contributed by atoms with Crippen molar-refractivity contribution in [2.24, 2.45) is 11.8 Å². The van der Waals surface area contributed by atoms with Crippen LogP contribution >= 0.6 is 0 Å². The van der Waals surface area contributed by atoms with Crippen LogP contribution in [0.2, 0.25) is 0 Å². The maximum Gasteiger partial charge on any atom is 0.222 e. The van der Waals surface area contributed by atoms with E-state index in [0.29, 0.717) is 11.8 Å². The van der Waals surface area contributed by atoms with Crippen LogP contribution in [0.4, 0.5) is 0 Å². The first-order valence-electron chi connectivity index (χ1n) is 10.5. The molecule has 5 heteroatoms. The van der Waals surface area contributed by atoms with Crippen molar-refractivity contribution in [3.63, 3.8) is 0 Å². The van der Waals surface area contributed by atoms with Crippen molar-refractivity contribution in [3.05, 3.63) is 36.2 Å². The van der Waals surface area contributed by atoms with Crippen LogP contribution in [0.15, 0.2) is 30.6 Å². The minimum atomic E-state index is 0.341. The monoisotopic (exact) mass is 366 g/mol. The molecule has 1 aliphatic heterocycles. The van der Waals surface area contributed by atoms with E-state index in [1.165, 1.54) is 31.2 Å². The second-order valence-electron chi connectivity index (χ2n) is 8.14. The number of carbonyl (C=O) groups is 1. The third-order valence-electron chi connectivity index (χ3n) is 6.15. The highest BCUT2D eigenvalue weighted by Gasteiger charge is 2.24. The molecule has 0 spiro atoms. The molecule has 5 nitrogen and oxygen atoms in total. The Morgan fingerprint density at radius 2 is 2.04 bits per heavy atom. The molecule has 2 aromatic heterocycles. The SMILES string of the molecule is O=C(CCC1CCCC1)N1CCNC[C@@H](Cc2ccnc3cccnc23)C1. The fourth-order valence-corrected chi connectivity index (χ4v) is 4.65. The molecule has 0 radical (unpaired) electrons. The van der Waals surface area contributed by atoms with Gasteiger partial charge in [-0.3, -0.25) is 14.8 Å². The van der Waals surface area contributed by atoms with Crippen molar-refractivity contribution in [2.75, 3.05) is 26.2 Å². The van der Waals surface area contributed by atoms with Crippen LogP contribution in [0.5, 0.6) is 0 Å². The Bertz CT molecular complexity index is 767. The third-order valence-corrected chi connectivity index (χ3v) is 6.15. The van der Waals surface area contributed by atoms with E-state index >= 15 is 0 Å². The van der Waals surface area contributed by atoms with Crippen LogP contribution in [0.3, 0.4) is 0 Å². The molecule has 0 bridgehead atoms. The van der Waals surface area contributed by atoms with Crippen molar-refractivity contribution >= 4 is 16.9 Å². The summed E-state index contributed by atoms with van der Waals surface area (Å²) in [6.45, 7) is 3.51. The minimum absolute atomic E-state index is 0.341. The number of carbonyl (C=O) groups excluding carboxylic acids is 1. The lowest BCUT2D eigenvalue weighted by atomic mass is 9.97. The van der Waals surface area contributed by atoms with Gasteiger partial charge < -0.3 is 10.2 Å². The summed E-state index contributed by atoms with van der Waals surface area (Å²) in [5, 5.41) is 3.52. The van der Waals surface area contributed by atoms with Crippen LogP contribution in [0.1, 0.15) is 44.1 Å². The summed E-state index contributed by atoms with van der Waals surface area (Å²) >= 11 is 0. The van der Waals surface area contributed by atoms with E-state index in [1.807, 2.05) is 24.5 Å². The zero-order valence-corrected chi connectivity index (χ0v) is 16.1. The smallest absolute Gasteiger partial charge is 0.222 e. The normalized spacial score (nSPS) is 21.5. The van der Waals surface area contributed by atoms with E-state index in [-0.39, 0.29) is 0 Å². The van der Waals surface area contributed by atoms with Gasteiger partial charge in [-0.05, 0) is 48.4 Å². The molecule has 1 atom stereocenters. The van der Waals surface area contributed by atoms with Crippen LogP contribution in [-0.4, -0.2) is 47.0 Å². The number of aromatic nitrogens is 2. The zero-order valence-electron chi connectivity index (χ0n) is 16.1. The predicted molar refractivity (Wildman–Crippen MR) is 107 cm³/mol. The molecule has 1 saturated heterocycles. The Hall–Kier alpha value is -2.01. The number of nitrogens with one attached hydrogen (secondary N) is 1. The minimum Gasteiger partial charge on any atom is -0.341 e. The van der Waals surface area contributed by atoms with Gasteiger partial charge in [0.15, 0.2) is 0 Å². The quantitative estimate of drug-likeness (QED) is 0.883. The van der Waals surface area contributed by atoms with Gasteiger partial charge in [-0.15, -0.1) is 0 Å². The molecule has 1 aliphatic carbocycles. The van der Waals surface area contributed by atoms with Gasteiger partial charge in [0.25, 0.3) is 0 Å². The van der Waals surface area contributed by atoms with Crippen molar-refractivity contribution in [3.8, 4) is 0 Å². The van der Waals surface area contributed by atoms with E-state index in [4.69, 9.17) is 0 Å². The first-order chi connectivity index (χ1) is 13.3. The van der Waals surface area contributed by atoms with Crippen molar-refractivity contribution in [1.29, 1.82) is 0 Å². The second-order valence-corrected chi connectivity index (χ2v) is 8.14. The van der Waals surface area contributed by atoms with Crippen LogP contribution in [-0.2, 0) is 11.2 Å². The summed E-state index contributed by atoms with van der Waals surface area (Å²) in [6, 6.07) is 6.01. The van der Waals surface area contributed by atoms with E-state index < -0.39 is 0 Å². The lowest BCUT2D eigenvalue weighted by Crippen LogP contribution is -2.36. The molecule has 0 unspecified atom stereocenters. The Labute approximate surface area is 161 Å². The van der Waals surface area contributed by atoms with Crippen molar-refractivity contribution in [2.45, 2.75) is 44.9 Å². The third kappa shape index (κ3) is 4.64. The average Bonchev–Trinajstić information content (AvgIpc) is 3.11. The summed E-state index contributed by atoms with van der Waals surface area (Å²) in [5.41, 5.74) is 3.16. The molecule has 27 heavy (non-hydrogen) atoms. The van der Waals surface area contributed by atoms with Crippen molar-refractivity contribution in [1.82, 2.24) is 20.2 Å². The molecule has 2 fully saturated rings. The number of hydrogen-bond donors (Lipinski definition) is 1. The zero-order chi connectivity index (χ0) is 18.5. The molecule has 2 aliphatic rings. The number of nitrogens with zero attached hydrogens (tertiary/aromatic N) is 3. The molecule has 0 aromatic carbocycles. The Morgan fingerprint density at radius 3 is 2.93 bits per heavy atom. The lowest BCUT2D eigenvalue weighted by Gasteiger charge is -2.25. The number of pyridine rings is 2. The highest BCUT2D eigenvalue weighted by molar-refractivity contribution is 5.77. The summed E-state index contributed by atoms with van der Waals surface area (Å²) in [4.78, 5) is 23.8. The molecule has 1 amide bonds. The van der Waals surface area contributed by atoms with Gasteiger partial charge in [0.1, 0.15) is 0 Å². The maximum atomic E-state index is 12.8. The van der Waals surface area contributed by atoms with Gasteiger partial charge in [-0.1, -0.05) is 25.7 Å². The molecule has 144 valence electrons. The Kier molecular flexibility index (Phi) is 5.97. The number of amides is 1. The maximum absolute atomic E-state index is 12.8. The number of fused-ring (bicyclic) bond motifs is 1. The Balaban J connectivity index is 1.39. The molecule has 3 heterocycles. The largest absolute Gasteiger partial charge is 0.341 e. The number of rotatable bonds is 5. The van der Waals surface area contributed by atoms with E-state index in [1.54, 1.807) is 0 Å². The standard InChI is InChI=1S/C22H30N4O/c27-21(8-7-17-4-1-2-5-17)26-13-12-23-15-18(16-26)14-19-9-11-24-20-6-3-10-25-22(19)20/h3,6,9-11,17-18,23H,1-2,4-5,7-8,12-16H2/t18-/m1/s1. The first-order valence-corrected chi connectivity index (χ1v) is 10.5. The molecule has 1 saturated carbocycles. The average molecular weight is 367 g/mol. The van der Waals surface area contributed by atoms with Gasteiger partial charge in [0.05, 0.1) is 11.0 Å². The van der Waals surface area contributed by atoms with Gasteiger partial charge in [-0.25, -0.2) is 0 Å². The summed E-state index contributed by atoms with van der Waals surface area (Å²) in [5.74, 6) is 1.54. The summed E-state index contributed by atoms with van der Waals surface area (Å²) < 4.78 is 0. The predicted octanol–water partition coefficient (Wildman–Crippen LogP) is 3.19. The highest BCUT2D eigenvalue weighted by atomic mass is 16.2. The van der Waals surface area contributed by atoms with Gasteiger partial charge >= 0.3 is 0 Å². The fraction of sp³-hybridized carbons (Fsp3) is 0.591. The molecular formula is C22H30N4O. The van der Waals surface area contributed by atoms with Gasteiger partial charge in [0, 0.05) is 45.0 Å². The van der Waals surface area contributed by atoms with Gasteiger partial charge in [0.2, 0.25) is 5.91 Å². The summed E-state index contributed by atoms with van der Waals surface area (Å²) in [7, 11) is 0. The topological polar surface area (TPSA) is 58.1 Å². The van der Waals surface area contributed by atoms with Crippen LogP contribution in [0.25, 0.3) is 11.0 Å². The molecule has 4 rings (SSSR count). The second kappa shape index (κ2) is 8.79. The highest BCUT2D eigenvalue weighted by Crippen LogP contribution is 2.29. The van der Waals surface area contributed by atoms with Crippen LogP contribution in [0, 0.1) is 11.8 Å². The fourth-order valence-electron chi connectivity index (χ4n) is 4.65. The number of hydrogen-bond acceptors (Lipinski definition) is 4. The van der Waals surface area contributed by atoms with Crippen LogP contribution < -0.4 is 5.32 Å². The van der Waals surface area contributed by atoms with E-state index in [9.17, 15) is 4.79 Å². The lowest BCUT2D eigenvalue weighted by molar-refractivity contribution is -0.131. The Morgan fingerprint density at radius 1 is 1.15 bits per heavy atom. The molecule has 1 N–H and O–H groups in total. The van der Waals surface area contributed by atoms with E-state index in [2.05, 4.69) is 26.3 Å². The molecule has 2 aromatic rings. The van der Waals surface area contributed by atoms with E-state index in [0.717, 1.165) is 62.4 Å². The first kappa shape index (κ1) is 18.4.